The molecule has 0 saturated carbocycles. The third kappa shape index (κ3) is 2.93. The zero-order valence-corrected chi connectivity index (χ0v) is 14.5. The summed E-state index contributed by atoms with van der Waals surface area (Å²) in [5.74, 6) is 5.84. The van der Waals surface area contributed by atoms with E-state index in [0.717, 1.165) is 5.56 Å². The van der Waals surface area contributed by atoms with Crippen LogP contribution in [0.4, 0.5) is 5.69 Å². The Labute approximate surface area is 145 Å². The average Bonchev–Trinajstić information content (AvgIpc) is 2.96. The summed E-state index contributed by atoms with van der Waals surface area (Å²) in [4.78, 5) is 16.0. The summed E-state index contributed by atoms with van der Waals surface area (Å²) < 4.78 is 33.8. The smallest absolute Gasteiger partial charge is 0.259 e. The van der Waals surface area contributed by atoms with Crippen LogP contribution in [-0.4, -0.2) is 28.5 Å². The van der Waals surface area contributed by atoms with Gasteiger partial charge in [-0.1, -0.05) is 0 Å². The summed E-state index contributed by atoms with van der Waals surface area (Å²) in [6, 6.07) is 9.31. The van der Waals surface area contributed by atoms with Crippen LogP contribution in [0.5, 0.6) is 11.5 Å². The van der Waals surface area contributed by atoms with Gasteiger partial charge in [0.1, 0.15) is 0 Å². The Kier molecular flexibility index (Phi) is 4.38. The molecule has 1 aliphatic heterocycles. The zero-order valence-electron chi connectivity index (χ0n) is 13.6. The number of methoxy groups -OCH3 is 2. The van der Waals surface area contributed by atoms with E-state index in [1.807, 2.05) is 0 Å². The molecule has 0 aromatic heterocycles. The van der Waals surface area contributed by atoms with Gasteiger partial charge < -0.3 is 14.4 Å². The number of hydrogen-bond acceptors (Lipinski definition) is 6. The van der Waals surface area contributed by atoms with Crippen LogP contribution in [0.25, 0.3) is 0 Å². The van der Waals surface area contributed by atoms with E-state index in [4.69, 9.17) is 15.3 Å². The maximum Gasteiger partial charge on any atom is 0.259 e. The van der Waals surface area contributed by atoms with E-state index in [9.17, 15) is 13.2 Å². The van der Waals surface area contributed by atoms with Crippen LogP contribution < -0.4 is 25.0 Å². The van der Waals surface area contributed by atoms with Crippen molar-refractivity contribution in [1.82, 2.24) is 4.83 Å². The predicted octanol–water partition coefficient (Wildman–Crippen LogP) is 1.02. The highest BCUT2D eigenvalue weighted by Crippen LogP contribution is 2.36. The summed E-state index contributed by atoms with van der Waals surface area (Å²) >= 11 is 0. The fourth-order valence-electron chi connectivity index (χ4n) is 2.72. The second-order valence-corrected chi connectivity index (χ2v) is 7.08. The SMILES string of the molecule is COc1cc2c(cc1OC)C(=O)N(c1ccc(S(=O)(=O)NN)cc1)C2. The molecule has 0 fully saturated rings. The number of hydrogen-bond donors (Lipinski definition) is 2. The van der Waals surface area contributed by atoms with Crippen LogP contribution in [0.15, 0.2) is 41.3 Å². The van der Waals surface area contributed by atoms with Gasteiger partial charge in [-0.3, -0.25) is 10.6 Å². The van der Waals surface area contributed by atoms with E-state index in [1.54, 1.807) is 34.0 Å². The lowest BCUT2D eigenvalue weighted by atomic mass is 10.1. The number of nitrogens with one attached hydrogen (secondary N) is 1. The van der Waals surface area contributed by atoms with Crippen LogP contribution in [0.3, 0.4) is 0 Å². The molecule has 9 heteroatoms. The van der Waals surface area contributed by atoms with Crippen molar-refractivity contribution < 1.29 is 22.7 Å². The van der Waals surface area contributed by atoms with Crippen molar-refractivity contribution >= 4 is 21.6 Å². The van der Waals surface area contributed by atoms with E-state index in [1.165, 1.54) is 26.4 Å². The minimum Gasteiger partial charge on any atom is -0.493 e. The summed E-state index contributed by atoms with van der Waals surface area (Å²) in [6.07, 6.45) is 0. The molecule has 8 nitrogen and oxygen atoms in total. The molecule has 3 rings (SSSR count). The lowest BCUT2D eigenvalue weighted by Gasteiger charge is -2.16. The Morgan fingerprint density at radius 2 is 1.68 bits per heavy atom. The van der Waals surface area contributed by atoms with E-state index < -0.39 is 10.0 Å². The Balaban J connectivity index is 1.94. The molecular formula is C16H17N3O5S. The first-order chi connectivity index (χ1) is 11.9. The molecule has 2 aromatic carbocycles. The van der Waals surface area contributed by atoms with Crippen molar-refractivity contribution in [2.75, 3.05) is 19.1 Å². The minimum atomic E-state index is -3.73. The summed E-state index contributed by atoms with van der Waals surface area (Å²) in [6.45, 7) is 0.357. The molecule has 0 bridgehead atoms. The Bertz CT molecular complexity index is 926. The van der Waals surface area contributed by atoms with Gasteiger partial charge >= 0.3 is 0 Å². The number of amides is 1. The molecular weight excluding hydrogens is 346 g/mol. The molecule has 1 aliphatic rings. The Morgan fingerprint density at radius 3 is 2.24 bits per heavy atom. The second kappa shape index (κ2) is 6.36. The lowest BCUT2D eigenvalue weighted by Crippen LogP contribution is -2.30. The first-order valence-corrected chi connectivity index (χ1v) is 8.79. The lowest BCUT2D eigenvalue weighted by molar-refractivity contribution is 0.0996. The summed E-state index contributed by atoms with van der Waals surface area (Å²) in [7, 11) is -0.695. The van der Waals surface area contributed by atoms with Gasteiger partial charge in [0, 0.05) is 11.3 Å². The number of nitrogens with zero attached hydrogens (tertiary/aromatic N) is 1. The number of sulfonamides is 1. The maximum absolute atomic E-state index is 12.7. The van der Waals surface area contributed by atoms with Gasteiger partial charge in [0.15, 0.2) is 11.5 Å². The fraction of sp³-hybridized carbons (Fsp3) is 0.188. The fourth-order valence-corrected chi connectivity index (χ4v) is 3.35. The molecule has 0 saturated heterocycles. The molecule has 0 atom stereocenters. The molecule has 25 heavy (non-hydrogen) atoms. The summed E-state index contributed by atoms with van der Waals surface area (Å²) in [5, 5.41) is 0. The Hall–Kier alpha value is -2.62. The predicted molar refractivity (Wildman–Crippen MR) is 91.0 cm³/mol. The number of anilines is 1. The van der Waals surface area contributed by atoms with Gasteiger partial charge in [-0.25, -0.2) is 8.42 Å². The largest absolute Gasteiger partial charge is 0.493 e. The number of nitrogens with two attached hydrogens (primary N) is 1. The van der Waals surface area contributed by atoms with Gasteiger partial charge in [-0.05, 0) is 42.0 Å². The highest BCUT2D eigenvalue weighted by Gasteiger charge is 2.30. The number of carbonyl (C=O) groups excluding carboxylic acids is 1. The molecule has 3 N–H and O–H groups in total. The topological polar surface area (TPSA) is 111 Å². The van der Waals surface area contributed by atoms with Crippen molar-refractivity contribution in [3.8, 4) is 11.5 Å². The van der Waals surface area contributed by atoms with E-state index in [-0.39, 0.29) is 10.8 Å². The molecule has 0 radical (unpaired) electrons. The van der Waals surface area contributed by atoms with E-state index in [2.05, 4.69) is 0 Å². The van der Waals surface area contributed by atoms with Crippen molar-refractivity contribution in [1.29, 1.82) is 0 Å². The average molecular weight is 363 g/mol. The number of hydrazine groups is 1. The van der Waals surface area contributed by atoms with Crippen molar-refractivity contribution in [3.63, 3.8) is 0 Å². The van der Waals surface area contributed by atoms with Gasteiger partial charge in [-0.2, -0.15) is 4.83 Å². The number of rotatable bonds is 5. The highest BCUT2D eigenvalue weighted by molar-refractivity contribution is 7.89. The standard InChI is InChI=1S/C16H17N3O5S/c1-23-14-7-10-9-19(16(20)13(10)8-15(14)24-2)11-3-5-12(6-4-11)25(21,22)18-17/h3-8,18H,9,17H2,1-2H3. The first-order valence-electron chi connectivity index (χ1n) is 7.30. The number of carbonyl (C=O) groups is 1. The maximum atomic E-state index is 12.7. The van der Waals surface area contributed by atoms with Gasteiger partial charge in [-0.15, -0.1) is 0 Å². The Morgan fingerprint density at radius 1 is 1.08 bits per heavy atom. The highest BCUT2D eigenvalue weighted by atomic mass is 32.2. The van der Waals surface area contributed by atoms with Crippen molar-refractivity contribution in [2.24, 2.45) is 5.84 Å². The number of ether oxygens (including phenoxy) is 2. The van der Waals surface area contributed by atoms with Crippen molar-refractivity contribution in [3.05, 3.63) is 47.5 Å². The normalized spacial score (nSPS) is 13.7. The van der Waals surface area contributed by atoms with Crippen LogP contribution in [0.2, 0.25) is 0 Å². The number of benzene rings is 2. The summed E-state index contributed by atoms with van der Waals surface area (Å²) in [5.41, 5.74) is 1.91. The van der Waals surface area contributed by atoms with Gasteiger partial charge in [0.05, 0.1) is 25.7 Å². The van der Waals surface area contributed by atoms with Crippen LogP contribution in [-0.2, 0) is 16.6 Å². The third-order valence-electron chi connectivity index (χ3n) is 4.03. The van der Waals surface area contributed by atoms with Gasteiger partial charge in [0.2, 0.25) is 0 Å². The zero-order chi connectivity index (χ0) is 18.2. The second-order valence-electron chi connectivity index (χ2n) is 5.37. The van der Waals surface area contributed by atoms with Crippen LogP contribution >= 0.6 is 0 Å². The molecule has 0 spiro atoms. The third-order valence-corrected chi connectivity index (χ3v) is 5.23. The molecule has 0 unspecified atom stereocenters. The quantitative estimate of drug-likeness (QED) is 0.606. The number of fused-ring (bicyclic) bond motifs is 1. The first kappa shape index (κ1) is 17.2. The molecule has 0 aliphatic carbocycles. The minimum absolute atomic E-state index is 0.0197. The molecule has 2 aromatic rings. The van der Waals surface area contributed by atoms with Crippen molar-refractivity contribution in [2.45, 2.75) is 11.4 Å². The molecule has 132 valence electrons. The van der Waals surface area contributed by atoms with E-state index in [0.29, 0.717) is 29.3 Å². The van der Waals surface area contributed by atoms with E-state index >= 15 is 0 Å². The van der Waals surface area contributed by atoms with Crippen LogP contribution in [0.1, 0.15) is 15.9 Å². The van der Waals surface area contributed by atoms with Gasteiger partial charge in [0.25, 0.3) is 15.9 Å². The van der Waals surface area contributed by atoms with Crippen LogP contribution in [0, 0.1) is 0 Å². The molecule has 1 amide bonds. The monoisotopic (exact) mass is 363 g/mol. The molecule has 1 heterocycles.